The Balaban J connectivity index is 1.39. The lowest BCUT2D eigenvalue weighted by molar-refractivity contribution is -0.125. The van der Waals surface area contributed by atoms with E-state index in [1.807, 2.05) is 49.8 Å². The monoisotopic (exact) mass is 397 g/mol. The molecule has 4 rings (SSSR count). The third-order valence-corrected chi connectivity index (χ3v) is 5.17. The zero-order valence-corrected chi connectivity index (χ0v) is 16.5. The normalized spacial score (nSPS) is 15.8. The zero-order chi connectivity index (χ0) is 19.7. The minimum atomic E-state index is -0.676. The topological polar surface area (TPSA) is 90.6 Å². The van der Waals surface area contributed by atoms with E-state index in [-0.39, 0.29) is 5.91 Å². The first-order valence-electron chi connectivity index (χ1n) is 8.67. The summed E-state index contributed by atoms with van der Waals surface area (Å²) in [5.41, 5.74) is 4.26. The predicted octanol–water partition coefficient (Wildman–Crippen LogP) is 2.99. The molecule has 1 atom stereocenters. The van der Waals surface area contributed by atoms with E-state index in [2.05, 4.69) is 20.6 Å². The van der Waals surface area contributed by atoms with Crippen LogP contribution in [0.1, 0.15) is 17.7 Å². The standard InChI is InChI=1S/C19H19N5O3S/c1-11-14(9-24(2)22-11)16-10-28-19(20-16)21-18(25)17-8-15(23-27-17)12-4-6-13(26-3)7-5-12/h4-7,9-10,17H,8H2,1-3H3,(H,20,21,25). The van der Waals surface area contributed by atoms with Crippen molar-refractivity contribution < 1.29 is 14.4 Å². The average Bonchev–Trinajstić information content (AvgIpc) is 3.42. The van der Waals surface area contributed by atoms with Gasteiger partial charge in [0.1, 0.15) is 5.75 Å². The van der Waals surface area contributed by atoms with Gasteiger partial charge in [0.2, 0.25) is 6.10 Å². The van der Waals surface area contributed by atoms with Gasteiger partial charge in [-0.05, 0) is 36.8 Å². The third kappa shape index (κ3) is 3.61. The number of rotatable bonds is 5. The summed E-state index contributed by atoms with van der Waals surface area (Å²) in [7, 11) is 3.48. The molecule has 0 aliphatic carbocycles. The number of oxime groups is 1. The number of thiazole rings is 1. The second kappa shape index (κ2) is 7.43. The number of aromatic nitrogens is 3. The van der Waals surface area contributed by atoms with Crippen molar-refractivity contribution in [1.82, 2.24) is 14.8 Å². The maximum atomic E-state index is 12.5. The lowest BCUT2D eigenvalue weighted by Gasteiger charge is -2.07. The summed E-state index contributed by atoms with van der Waals surface area (Å²) < 4.78 is 6.90. The van der Waals surface area contributed by atoms with Crippen LogP contribution in [0.5, 0.6) is 5.75 Å². The summed E-state index contributed by atoms with van der Waals surface area (Å²) >= 11 is 1.36. The van der Waals surface area contributed by atoms with Gasteiger partial charge in [-0.1, -0.05) is 5.16 Å². The van der Waals surface area contributed by atoms with Crippen LogP contribution in [0.25, 0.3) is 11.3 Å². The number of benzene rings is 1. The summed E-state index contributed by atoms with van der Waals surface area (Å²) in [5.74, 6) is 0.497. The lowest BCUT2D eigenvalue weighted by atomic mass is 10.0. The van der Waals surface area contributed by atoms with Crippen molar-refractivity contribution in [2.75, 3.05) is 12.4 Å². The van der Waals surface area contributed by atoms with E-state index in [9.17, 15) is 4.79 Å². The SMILES string of the molecule is COc1ccc(C2=NOC(C(=O)Nc3nc(-c4cn(C)nc4C)cs3)C2)cc1. The molecule has 0 radical (unpaired) electrons. The van der Waals surface area contributed by atoms with Gasteiger partial charge in [0, 0.05) is 30.6 Å². The molecule has 2 aromatic heterocycles. The number of nitrogens with one attached hydrogen (secondary N) is 1. The molecule has 28 heavy (non-hydrogen) atoms. The fraction of sp³-hybridized carbons (Fsp3) is 0.263. The van der Waals surface area contributed by atoms with Crippen LogP contribution in [0.3, 0.4) is 0 Å². The first-order valence-corrected chi connectivity index (χ1v) is 9.55. The molecular formula is C19H19N5O3S. The van der Waals surface area contributed by atoms with E-state index in [0.717, 1.165) is 34.0 Å². The van der Waals surface area contributed by atoms with Crippen LogP contribution in [-0.4, -0.2) is 39.6 Å². The maximum absolute atomic E-state index is 12.5. The summed E-state index contributed by atoms with van der Waals surface area (Å²) in [6.07, 6.45) is 1.63. The number of anilines is 1. The fourth-order valence-electron chi connectivity index (χ4n) is 2.96. The van der Waals surface area contributed by atoms with Crippen LogP contribution < -0.4 is 10.1 Å². The van der Waals surface area contributed by atoms with Gasteiger partial charge in [0.15, 0.2) is 5.13 Å². The highest BCUT2D eigenvalue weighted by atomic mass is 32.1. The highest BCUT2D eigenvalue weighted by molar-refractivity contribution is 7.14. The molecule has 3 aromatic rings. The van der Waals surface area contributed by atoms with Crippen molar-refractivity contribution in [2.24, 2.45) is 12.2 Å². The van der Waals surface area contributed by atoms with Crippen molar-refractivity contribution in [3.8, 4) is 17.0 Å². The quantitative estimate of drug-likeness (QED) is 0.715. The Morgan fingerprint density at radius 1 is 1.36 bits per heavy atom. The number of methoxy groups -OCH3 is 1. The number of carbonyl (C=O) groups excluding carboxylic acids is 1. The summed E-state index contributed by atoms with van der Waals surface area (Å²) in [5, 5.41) is 13.6. The van der Waals surface area contributed by atoms with Gasteiger partial charge in [0.25, 0.3) is 5.91 Å². The predicted molar refractivity (Wildman–Crippen MR) is 107 cm³/mol. The number of aryl methyl sites for hydroxylation is 2. The van der Waals surface area contributed by atoms with Gasteiger partial charge in [0.05, 0.1) is 24.2 Å². The second-order valence-corrected chi connectivity index (χ2v) is 7.25. The van der Waals surface area contributed by atoms with Gasteiger partial charge < -0.3 is 9.57 Å². The molecular weight excluding hydrogens is 378 g/mol. The molecule has 1 aliphatic heterocycles. The highest BCUT2D eigenvalue weighted by Gasteiger charge is 2.29. The lowest BCUT2D eigenvalue weighted by Crippen LogP contribution is -2.28. The molecule has 144 valence electrons. The minimum Gasteiger partial charge on any atom is -0.497 e. The molecule has 1 aliphatic rings. The molecule has 1 amide bonds. The van der Waals surface area contributed by atoms with E-state index < -0.39 is 6.10 Å². The van der Waals surface area contributed by atoms with Crippen molar-refractivity contribution in [3.05, 3.63) is 47.1 Å². The summed E-state index contributed by atoms with van der Waals surface area (Å²) in [6.45, 7) is 1.93. The van der Waals surface area contributed by atoms with Crippen molar-refractivity contribution in [1.29, 1.82) is 0 Å². The van der Waals surface area contributed by atoms with E-state index in [1.165, 1.54) is 11.3 Å². The Morgan fingerprint density at radius 3 is 2.82 bits per heavy atom. The molecule has 1 aromatic carbocycles. The molecule has 0 bridgehead atoms. The molecule has 3 heterocycles. The molecule has 0 saturated carbocycles. The van der Waals surface area contributed by atoms with Gasteiger partial charge in [-0.15, -0.1) is 11.3 Å². The zero-order valence-electron chi connectivity index (χ0n) is 15.7. The van der Waals surface area contributed by atoms with Crippen LogP contribution in [0.4, 0.5) is 5.13 Å². The summed E-state index contributed by atoms with van der Waals surface area (Å²) in [6, 6.07) is 7.49. The second-order valence-electron chi connectivity index (χ2n) is 6.39. The summed E-state index contributed by atoms with van der Waals surface area (Å²) in [4.78, 5) is 22.4. The van der Waals surface area contributed by atoms with Gasteiger partial charge in [-0.3, -0.25) is 14.8 Å². The number of amides is 1. The van der Waals surface area contributed by atoms with E-state index >= 15 is 0 Å². The average molecular weight is 397 g/mol. The Labute approximate surface area is 165 Å². The highest BCUT2D eigenvalue weighted by Crippen LogP contribution is 2.27. The first kappa shape index (κ1) is 18.2. The number of hydrogen-bond acceptors (Lipinski definition) is 7. The van der Waals surface area contributed by atoms with Gasteiger partial charge in [-0.25, -0.2) is 4.98 Å². The van der Waals surface area contributed by atoms with Crippen LogP contribution in [0.15, 0.2) is 41.0 Å². The van der Waals surface area contributed by atoms with Crippen LogP contribution in [0.2, 0.25) is 0 Å². The molecule has 9 heteroatoms. The van der Waals surface area contributed by atoms with Crippen molar-refractivity contribution in [2.45, 2.75) is 19.4 Å². The van der Waals surface area contributed by atoms with Crippen molar-refractivity contribution in [3.63, 3.8) is 0 Å². The third-order valence-electron chi connectivity index (χ3n) is 4.41. The minimum absolute atomic E-state index is 0.268. The number of nitrogens with zero attached hydrogens (tertiary/aromatic N) is 4. The van der Waals surface area contributed by atoms with Gasteiger partial charge in [-0.2, -0.15) is 5.10 Å². The first-order chi connectivity index (χ1) is 13.5. The smallest absolute Gasteiger partial charge is 0.270 e. The molecule has 8 nitrogen and oxygen atoms in total. The molecule has 1 N–H and O–H groups in total. The number of carbonyl (C=O) groups is 1. The van der Waals surface area contributed by atoms with E-state index in [0.29, 0.717) is 11.6 Å². The Kier molecular flexibility index (Phi) is 4.82. The maximum Gasteiger partial charge on any atom is 0.270 e. The molecule has 0 fully saturated rings. The van der Waals surface area contributed by atoms with E-state index in [1.54, 1.807) is 11.8 Å². The van der Waals surface area contributed by atoms with Crippen LogP contribution >= 0.6 is 11.3 Å². The van der Waals surface area contributed by atoms with E-state index in [4.69, 9.17) is 9.57 Å². The Morgan fingerprint density at radius 2 is 2.14 bits per heavy atom. The molecule has 0 saturated heterocycles. The molecule has 1 unspecified atom stereocenters. The van der Waals surface area contributed by atoms with Crippen LogP contribution in [0, 0.1) is 6.92 Å². The fourth-order valence-corrected chi connectivity index (χ4v) is 3.68. The largest absolute Gasteiger partial charge is 0.497 e. The molecule has 0 spiro atoms. The van der Waals surface area contributed by atoms with Crippen LogP contribution in [-0.2, 0) is 16.7 Å². The number of hydrogen-bond donors (Lipinski definition) is 1. The van der Waals surface area contributed by atoms with Crippen molar-refractivity contribution >= 4 is 28.1 Å². The Hall–Kier alpha value is -3.20. The Bertz CT molecular complexity index is 1040. The number of ether oxygens (including phenoxy) is 1. The van der Waals surface area contributed by atoms with Gasteiger partial charge >= 0.3 is 0 Å².